The normalized spacial score (nSPS) is 26.5. The van der Waals surface area contributed by atoms with Crippen LogP contribution in [-0.2, 0) is 14.6 Å². The number of aliphatic imine (C=N–C) groups is 1. The van der Waals surface area contributed by atoms with Gasteiger partial charge in [-0.3, -0.25) is 4.79 Å². The summed E-state index contributed by atoms with van der Waals surface area (Å²) in [6.45, 7) is 7.63. The fourth-order valence-electron chi connectivity index (χ4n) is 3.33. The molecule has 2 unspecified atom stereocenters. The number of nitrogens with zero attached hydrogens (tertiary/aromatic N) is 2. The smallest absolute Gasteiger partial charge is 0.250 e. The van der Waals surface area contributed by atoms with E-state index in [1.807, 2.05) is 44.7 Å². The molecule has 136 valence electrons. The van der Waals surface area contributed by atoms with Gasteiger partial charge in [-0.25, -0.2) is 8.42 Å². The van der Waals surface area contributed by atoms with Crippen LogP contribution in [0.15, 0.2) is 21.6 Å². The van der Waals surface area contributed by atoms with Crippen LogP contribution >= 0.6 is 27.7 Å². The van der Waals surface area contributed by atoms with Gasteiger partial charge in [0.05, 0.1) is 17.5 Å². The first-order valence-corrected chi connectivity index (χ1v) is 11.6. The van der Waals surface area contributed by atoms with Crippen LogP contribution in [0.1, 0.15) is 25.0 Å². The van der Waals surface area contributed by atoms with Crippen molar-refractivity contribution in [3.05, 3.63) is 27.7 Å². The van der Waals surface area contributed by atoms with E-state index in [0.717, 1.165) is 21.3 Å². The van der Waals surface area contributed by atoms with Crippen LogP contribution in [0.25, 0.3) is 0 Å². The molecule has 8 heteroatoms. The number of aryl methyl sites for hydroxylation is 2. The van der Waals surface area contributed by atoms with Crippen LogP contribution in [0.2, 0.25) is 0 Å². The third-order valence-corrected chi connectivity index (χ3v) is 8.13. The Morgan fingerprint density at radius 1 is 1.28 bits per heavy atom. The second-order valence-electron chi connectivity index (χ2n) is 6.95. The number of thioether (sulfide) groups is 1. The summed E-state index contributed by atoms with van der Waals surface area (Å²) in [5.41, 5.74) is 3.01. The van der Waals surface area contributed by atoms with Gasteiger partial charge in [-0.1, -0.05) is 41.5 Å². The molecule has 0 radical (unpaired) electrons. The molecule has 0 bridgehead atoms. The summed E-state index contributed by atoms with van der Waals surface area (Å²) in [6, 6.07) is 3.84. The van der Waals surface area contributed by atoms with E-state index in [0.29, 0.717) is 5.17 Å². The van der Waals surface area contributed by atoms with E-state index in [9.17, 15) is 13.2 Å². The molecule has 2 aliphatic heterocycles. The van der Waals surface area contributed by atoms with Crippen molar-refractivity contribution in [1.29, 1.82) is 0 Å². The first-order chi connectivity index (χ1) is 11.6. The Balaban J connectivity index is 2.12. The highest BCUT2D eigenvalue weighted by Gasteiger charge is 2.50. The molecule has 0 aromatic heterocycles. The molecular weight excluding hydrogens is 424 g/mol. The average Bonchev–Trinajstić information content (AvgIpc) is 2.90. The molecule has 2 atom stereocenters. The first kappa shape index (κ1) is 18.9. The summed E-state index contributed by atoms with van der Waals surface area (Å²) in [5.74, 6) is -0.120. The van der Waals surface area contributed by atoms with Gasteiger partial charge < -0.3 is 4.90 Å². The molecule has 0 aliphatic carbocycles. The highest BCUT2D eigenvalue weighted by Crippen LogP contribution is 2.43. The van der Waals surface area contributed by atoms with E-state index in [2.05, 4.69) is 20.9 Å². The van der Waals surface area contributed by atoms with Crippen LogP contribution in [0.3, 0.4) is 0 Å². The summed E-state index contributed by atoms with van der Waals surface area (Å²) in [7, 11) is -3.06. The molecule has 25 heavy (non-hydrogen) atoms. The molecule has 0 saturated carbocycles. The van der Waals surface area contributed by atoms with Crippen molar-refractivity contribution in [2.75, 3.05) is 16.4 Å². The lowest BCUT2D eigenvalue weighted by atomic mass is 10.1. The molecule has 3 rings (SSSR count). The van der Waals surface area contributed by atoms with Crippen LogP contribution in [0.5, 0.6) is 0 Å². The number of hydrogen-bond donors (Lipinski definition) is 0. The predicted molar refractivity (Wildman–Crippen MR) is 107 cm³/mol. The lowest BCUT2D eigenvalue weighted by Gasteiger charge is -2.28. The Labute approximate surface area is 161 Å². The maximum Gasteiger partial charge on any atom is 0.250 e. The Kier molecular flexibility index (Phi) is 5.07. The van der Waals surface area contributed by atoms with Crippen LogP contribution in [-0.4, -0.2) is 42.3 Å². The molecule has 5 nitrogen and oxygen atoms in total. The van der Waals surface area contributed by atoms with Crippen LogP contribution in [0, 0.1) is 19.8 Å². The molecular formula is C17H21BrN2O3S2. The Morgan fingerprint density at radius 2 is 1.88 bits per heavy atom. The van der Waals surface area contributed by atoms with Gasteiger partial charge in [0.15, 0.2) is 15.0 Å². The van der Waals surface area contributed by atoms with Gasteiger partial charge in [0, 0.05) is 21.3 Å². The molecule has 2 fully saturated rings. The van der Waals surface area contributed by atoms with E-state index in [-0.39, 0.29) is 34.6 Å². The third-order valence-electron chi connectivity index (χ3n) is 4.46. The molecule has 2 saturated heterocycles. The van der Waals surface area contributed by atoms with Crippen molar-refractivity contribution in [1.82, 2.24) is 0 Å². The molecule has 2 heterocycles. The van der Waals surface area contributed by atoms with Crippen molar-refractivity contribution in [3.63, 3.8) is 0 Å². The van der Waals surface area contributed by atoms with Crippen molar-refractivity contribution < 1.29 is 13.2 Å². The lowest BCUT2D eigenvalue weighted by molar-refractivity contribution is -0.120. The van der Waals surface area contributed by atoms with Gasteiger partial charge in [-0.15, -0.1) is 0 Å². The Bertz CT molecular complexity index is 842. The zero-order chi connectivity index (χ0) is 18.5. The minimum atomic E-state index is -3.06. The highest BCUT2D eigenvalue weighted by atomic mass is 79.9. The Hall–Kier alpha value is -0.860. The first-order valence-electron chi connectivity index (χ1n) is 8.14. The number of carbonyl (C=O) groups excluding carboxylic acids is 1. The van der Waals surface area contributed by atoms with Crippen molar-refractivity contribution >= 4 is 54.3 Å². The molecule has 0 N–H and O–H groups in total. The maximum atomic E-state index is 12.2. The van der Waals surface area contributed by atoms with Crippen molar-refractivity contribution in [2.45, 2.75) is 39.0 Å². The molecule has 1 amide bonds. The third kappa shape index (κ3) is 3.66. The fraction of sp³-hybridized carbons (Fsp3) is 0.529. The summed E-state index contributed by atoms with van der Waals surface area (Å²) in [4.78, 5) is 18.5. The number of hydrogen-bond acceptors (Lipinski definition) is 4. The lowest BCUT2D eigenvalue weighted by Crippen LogP contribution is -2.38. The number of amides is 1. The molecule has 2 aliphatic rings. The van der Waals surface area contributed by atoms with E-state index in [1.165, 1.54) is 11.8 Å². The molecule has 1 aromatic rings. The van der Waals surface area contributed by atoms with Gasteiger partial charge in [-0.05, 0) is 37.1 Å². The highest BCUT2D eigenvalue weighted by molar-refractivity contribution is 9.10. The van der Waals surface area contributed by atoms with Crippen molar-refractivity contribution in [3.8, 4) is 0 Å². The monoisotopic (exact) mass is 444 g/mol. The molecule has 0 spiro atoms. The second kappa shape index (κ2) is 6.70. The van der Waals surface area contributed by atoms with Gasteiger partial charge >= 0.3 is 0 Å². The topological polar surface area (TPSA) is 66.8 Å². The van der Waals surface area contributed by atoms with Crippen molar-refractivity contribution in [2.24, 2.45) is 10.9 Å². The van der Waals surface area contributed by atoms with Gasteiger partial charge in [0.2, 0.25) is 0 Å². The van der Waals surface area contributed by atoms with Gasteiger partial charge in [0.1, 0.15) is 0 Å². The van der Waals surface area contributed by atoms with Crippen LogP contribution in [0.4, 0.5) is 5.69 Å². The fourth-order valence-corrected chi connectivity index (χ4v) is 7.92. The predicted octanol–water partition coefficient (Wildman–Crippen LogP) is 3.32. The number of amidine groups is 1. The standard InChI is InChI=1S/C17H21BrN2O3S2/c1-9(2)16(21)19-17-20(13-7-25(22,23)8-14(13)24-17)15-10(3)5-12(18)6-11(15)4/h5-6,9,13-14H,7-8H2,1-4H3. The average molecular weight is 445 g/mol. The maximum absolute atomic E-state index is 12.2. The number of carbonyl (C=O) groups is 1. The van der Waals surface area contributed by atoms with E-state index >= 15 is 0 Å². The van der Waals surface area contributed by atoms with E-state index < -0.39 is 9.84 Å². The van der Waals surface area contributed by atoms with Crippen LogP contribution < -0.4 is 4.90 Å². The molecule has 1 aromatic carbocycles. The summed E-state index contributed by atoms with van der Waals surface area (Å²) >= 11 is 4.92. The number of rotatable bonds is 2. The van der Waals surface area contributed by atoms with E-state index in [4.69, 9.17) is 0 Å². The quantitative estimate of drug-likeness (QED) is 0.699. The largest absolute Gasteiger partial charge is 0.315 e. The number of halogens is 1. The van der Waals surface area contributed by atoms with E-state index in [1.54, 1.807) is 0 Å². The number of sulfone groups is 1. The second-order valence-corrected chi connectivity index (χ2v) is 11.2. The number of anilines is 1. The van der Waals surface area contributed by atoms with Gasteiger partial charge in [0.25, 0.3) is 5.91 Å². The number of fused-ring (bicyclic) bond motifs is 1. The summed E-state index contributed by atoms with van der Waals surface area (Å²) in [6.07, 6.45) is 0. The van der Waals surface area contributed by atoms with Gasteiger partial charge in [-0.2, -0.15) is 4.99 Å². The zero-order valence-electron chi connectivity index (χ0n) is 14.6. The summed E-state index contributed by atoms with van der Waals surface area (Å²) < 4.78 is 25.2. The minimum absolute atomic E-state index is 0.0776. The zero-order valence-corrected chi connectivity index (χ0v) is 17.8. The summed E-state index contributed by atoms with van der Waals surface area (Å²) in [5, 5.41) is 0.545. The number of benzene rings is 1. The SMILES string of the molecule is Cc1cc(Br)cc(C)c1N1C(=NC(=O)C(C)C)SC2CS(=O)(=O)CC21. The Morgan fingerprint density at radius 3 is 2.44 bits per heavy atom. The minimum Gasteiger partial charge on any atom is -0.315 e.